The van der Waals surface area contributed by atoms with Crippen LogP contribution in [-0.4, -0.2) is 50.2 Å². The molecule has 8 heteroatoms. The molecule has 1 aliphatic rings. The predicted molar refractivity (Wildman–Crippen MR) is 135 cm³/mol. The molecule has 7 nitrogen and oxygen atoms in total. The summed E-state index contributed by atoms with van der Waals surface area (Å²) in [6.07, 6.45) is 6.92. The first-order valence-corrected chi connectivity index (χ1v) is 13.7. The van der Waals surface area contributed by atoms with Crippen LogP contribution in [0.1, 0.15) is 49.3 Å². The van der Waals surface area contributed by atoms with Gasteiger partial charge < -0.3 is 18.7 Å². The van der Waals surface area contributed by atoms with Gasteiger partial charge in [-0.25, -0.2) is 13.4 Å². The molecule has 1 aliphatic carbocycles. The minimum absolute atomic E-state index is 0.0506. The lowest BCUT2D eigenvalue weighted by atomic mass is 9.73. The number of quaternary nitrogens is 1. The van der Waals surface area contributed by atoms with Gasteiger partial charge in [0.2, 0.25) is 5.89 Å². The van der Waals surface area contributed by atoms with E-state index in [1.807, 2.05) is 44.4 Å². The Balaban J connectivity index is 1.45. The van der Waals surface area contributed by atoms with Gasteiger partial charge in [-0.2, -0.15) is 0 Å². The summed E-state index contributed by atoms with van der Waals surface area (Å²) in [5.74, 6) is 1.04. The van der Waals surface area contributed by atoms with Crippen LogP contribution in [-0.2, 0) is 22.2 Å². The number of rotatable bonds is 10. The van der Waals surface area contributed by atoms with Crippen molar-refractivity contribution in [1.82, 2.24) is 4.98 Å². The number of aromatic nitrogens is 1. The fourth-order valence-electron chi connectivity index (χ4n) is 4.90. The summed E-state index contributed by atoms with van der Waals surface area (Å²) in [7, 11) is 0.327. The third-order valence-corrected chi connectivity index (χ3v) is 8.27. The van der Waals surface area contributed by atoms with Gasteiger partial charge in [-0.3, -0.25) is 0 Å². The van der Waals surface area contributed by atoms with Crippen molar-refractivity contribution in [3.8, 4) is 0 Å². The van der Waals surface area contributed by atoms with Crippen LogP contribution in [0, 0.1) is 5.92 Å². The maximum atomic E-state index is 12.4. The molecule has 188 valence electrons. The number of nitrogens with zero attached hydrogens (tertiary/aromatic N) is 3. The lowest BCUT2D eigenvalue weighted by Crippen LogP contribution is -2.41. The zero-order valence-corrected chi connectivity index (χ0v) is 21.3. The van der Waals surface area contributed by atoms with Crippen LogP contribution in [0.5, 0.6) is 0 Å². The molecule has 35 heavy (non-hydrogen) atoms. The first-order valence-electron chi connectivity index (χ1n) is 12.2. The minimum Gasteiger partial charge on any atom is -0.540 e. The van der Waals surface area contributed by atoms with Crippen molar-refractivity contribution in [2.75, 3.05) is 27.2 Å². The second-order valence-electron chi connectivity index (χ2n) is 10.1. The molecule has 0 unspecified atom stereocenters. The molecule has 0 bridgehead atoms. The summed E-state index contributed by atoms with van der Waals surface area (Å²) < 4.78 is 35.5. The highest BCUT2D eigenvalue weighted by atomic mass is 32.2. The van der Waals surface area contributed by atoms with E-state index in [4.69, 9.17) is 4.42 Å². The van der Waals surface area contributed by atoms with Gasteiger partial charge in [0.05, 0.1) is 26.8 Å². The van der Waals surface area contributed by atoms with E-state index in [1.165, 1.54) is 6.42 Å². The van der Waals surface area contributed by atoms with Crippen molar-refractivity contribution in [3.63, 3.8) is 0 Å². The molecule has 0 amide bonds. The largest absolute Gasteiger partial charge is 0.540 e. The van der Waals surface area contributed by atoms with Gasteiger partial charge >= 0.3 is 0 Å². The smallest absolute Gasteiger partial charge is 0.231 e. The third-order valence-electron chi connectivity index (χ3n) is 6.88. The van der Waals surface area contributed by atoms with Gasteiger partial charge in [0.1, 0.15) is 16.6 Å². The van der Waals surface area contributed by atoms with Crippen molar-refractivity contribution in [3.05, 3.63) is 88.8 Å². The van der Waals surface area contributed by atoms with Crippen molar-refractivity contribution in [2.24, 2.45) is 5.92 Å². The van der Waals surface area contributed by atoms with Gasteiger partial charge in [0.15, 0.2) is 11.4 Å². The number of sulfonamides is 1. The van der Waals surface area contributed by atoms with Gasteiger partial charge in [-0.1, -0.05) is 74.3 Å². The molecule has 0 radical (unpaired) electrons. The van der Waals surface area contributed by atoms with Crippen LogP contribution >= 0.6 is 0 Å². The first-order chi connectivity index (χ1) is 16.7. The quantitative estimate of drug-likeness (QED) is 0.405. The molecule has 0 aliphatic heterocycles. The highest BCUT2D eigenvalue weighted by Crippen LogP contribution is 2.43. The number of aliphatic hydroxyl groups is 1. The van der Waals surface area contributed by atoms with E-state index in [0.717, 1.165) is 31.2 Å². The normalized spacial score (nSPS) is 17.2. The number of hydrogen-bond donors (Lipinski definition) is 1. The van der Waals surface area contributed by atoms with Crippen molar-refractivity contribution >= 4 is 10.0 Å². The van der Waals surface area contributed by atoms with Crippen LogP contribution in [0.4, 0.5) is 0 Å². The maximum absolute atomic E-state index is 12.4. The van der Waals surface area contributed by atoms with E-state index in [0.29, 0.717) is 29.2 Å². The second-order valence-corrected chi connectivity index (χ2v) is 11.7. The fourth-order valence-corrected chi connectivity index (χ4v) is 5.88. The standard InChI is InChI=1S/C27H35N3O4S/c1-30(2,19-18-29-35(32,33)25-16-10-5-11-17-25)21-24-20-28-26(34-24)27(31,22-12-6-3-7-13-22)23-14-8-4-9-15-23/h3,5-7,10-13,16-17,20,23,31H,4,8-9,14-15,18-19,21H2,1-2H3/t27-/m0/s1. The third kappa shape index (κ3) is 6.01. The van der Waals surface area contributed by atoms with E-state index in [1.54, 1.807) is 36.5 Å². The predicted octanol–water partition coefficient (Wildman–Crippen LogP) is 4.83. The lowest BCUT2D eigenvalue weighted by Gasteiger charge is -2.36. The minimum atomic E-state index is -3.67. The van der Waals surface area contributed by atoms with Crippen LogP contribution in [0.2, 0.25) is 0 Å². The molecule has 0 saturated heterocycles. The zero-order valence-electron chi connectivity index (χ0n) is 20.5. The Bertz CT molecular complexity index is 1190. The number of hydrogen-bond acceptors (Lipinski definition) is 5. The SMILES string of the molecule is C[N+](C)(CC[N-]S(=O)(=O)c1ccccc1)Cc1cnc([C@](O)(c2ccccc2)C2CCCCC2)o1. The van der Waals surface area contributed by atoms with Crippen LogP contribution in [0.15, 0.2) is 76.2 Å². The monoisotopic (exact) mass is 497 g/mol. The lowest BCUT2D eigenvalue weighted by molar-refractivity contribution is -0.902. The molecule has 1 fully saturated rings. The molecule has 1 heterocycles. The second kappa shape index (κ2) is 10.6. The Kier molecular flexibility index (Phi) is 7.76. The van der Waals surface area contributed by atoms with E-state index < -0.39 is 15.6 Å². The topological polar surface area (TPSA) is 94.5 Å². The summed E-state index contributed by atoms with van der Waals surface area (Å²) in [5.41, 5.74) is -0.463. The molecule has 1 saturated carbocycles. The van der Waals surface area contributed by atoms with Crippen LogP contribution in [0.25, 0.3) is 4.72 Å². The molecule has 1 aromatic heterocycles. The summed E-state index contributed by atoms with van der Waals surface area (Å²) >= 11 is 0. The summed E-state index contributed by atoms with van der Waals surface area (Å²) in [5, 5.41) is 12.0. The summed E-state index contributed by atoms with van der Waals surface area (Å²) in [6.45, 7) is 1.18. The Morgan fingerprint density at radius 1 is 1.03 bits per heavy atom. The number of benzene rings is 2. The molecule has 1 N–H and O–H groups in total. The molecule has 4 rings (SSSR count). The average Bonchev–Trinajstić information content (AvgIpc) is 3.33. The molecular weight excluding hydrogens is 462 g/mol. The Hall–Kier alpha value is -2.52. The van der Waals surface area contributed by atoms with Gasteiger partial charge in [0, 0.05) is 10.8 Å². The Morgan fingerprint density at radius 3 is 2.31 bits per heavy atom. The van der Waals surface area contributed by atoms with E-state index >= 15 is 0 Å². The van der Waals surface area contributed by atoms with E-state index in [2.05, 4.69) is 9.71 Å². The molecule has 3 aromatic rings. The molecular formula is C27H35N3O4S. The highest BCUT2D eigenvalue weighted by molar-refractivity contribution is 7.94. The molecule has 0 spiro atoms. The highest BCUT2D eigenvalue weighted by Gasteiger charge is 2.44. The zero-order chi connectivity index (χ0) is 24.9. The Labute approximate surface area is 208 Å². The Morgan fingerprint density at radius 2 is 1.66 bits per heavy atom. The number of likely N-dealkylation sites (N-methyl/N-ethyl adjacent to an activating group) is 1. The van der Waals surface area contributed by atoms with Crippen molar-refractivity contribution in [2.45, 2.75) is 49.1 Å². The average molecular weight is 498 g/mol. The molecule has 2 aromatic carbocycles. The molecule has 1 atom stereocenters. The van der Waals surface area contributed by atoms with E-state index in [9.17, 15) is 13.5 Å². The summed E-state index contributed by atoms with van der Waals surface area (Å²) in [4.78, 5) is 4.74. The maximum Gasteiger partial charge on any atom is 0.231 e. The van der Waals surface area contributed by atoms with E-state index in [-0.39, 0.29) is 17.4 Å². The fraction of sp³-hybridized carbons (Fsp3) is 0.444. The van der Waals surface area contributed by atoms with Gasteiger partial charge in [-0.15, -0.1) is 0 Å². The van der Waals surface area contributed by atoms with Gasteiger partial charge in [-0.05, 0) is 30.5 Å². The van der Waals surface area contributed by atoms with Gasteiger partial charge in [0.25, 0.3) is 0 Å². The van der Waals surface area contributed by atoms with Crippen molar-refractivity contribution < 1.29 is 22.4 Å². The number of oxazole rings is 1. The first kappa shape index (κ1) is 25.6. The van der Waals surface area contributed by atoms with Crippen LogP contribution in [0.3, 0.4) is 0 Å². The summed E-state index contributed by atoms with van der Waals surface area (Å²) in [6, 6.07) is 17.9. The van der Waals surface area contributed by atoms with Crippen molar-refractivity contribution in [1.29, 1.82) is 0 Å². The van der Waals surface area contributed by atoms with Crippen LogP contribution < -0.4 is 0 Å².